The van der Waals surface area contributed by atoms with Crippen LogP contribution in [0.25, 0.3) is 9.96 Å². The monoisotopic (exact) mass is 550 g/mol. The van der Waals surface area contributed by atoms with Crippen molar-refractivity contribution in [1.29, 1.82) is 0 Å². The van der Waals surface area contributed by atoms with Gasteiger partial charge in [-0.1, -0.05) is 161 Å². The Balaban J connectivity index is 0.00000103. The van der Waals surface area contributed by atoms with E-state index in [2.05, 4.69) is 88.4 Å². The summed E-state index contributed by atoms with van der Waals surface area (Å²) in [6.45, 7) is 9.69. The van der Waals surface area contributed by atoms with E-state index in [1.807, 2.05) is 0 Å². The quantitative estimate of drug-likeness (QED) is 0.326. The van der Waals surface area contributed by atoms with Crippen molar-refractivity contribution in [2.75, 3.05) is 0 Å². The minimum absolute atomic E-state index is 0.402. The van der Waals surface area contributed by atoms with Crippen molar-refractivity contribution in [1.82, 2.24) is 0 Å². The van der Waals surface area contributed by atoms with Crippen LogP contribution in [0.3, 0.4) is 0 Å². The molecule has 2 aliphatic rings. The Bertz CT molecular complexity index is 751. The SMILES string of the molecule is CC1CCCC(C)C1[N-][Si]([N-]C1C(C)CCCC1C)(c1ccccc1)c1ccccc1.[Cl][Ti][Cl]. The molecule has 2 nitrogen and oxygen atoms in total. The minimum atomic E-state index is -2.64. The van der Waals surface area contributed by atoms with Crippen molar-refractivity contribution in [3.63, 3.8) is 0 Å². The molecule has 0 spiro atoms. The summed E-state index contributed by atoms with van der Waals surface area (Å²) in [5, 5.41) is 2.72. The molecule has 6 heteroatoms. The fourth-order valence-electron chi connectivity index (χ4n) is 6.11. The van der Waals surface area contributed by atoms with Crippen molar-refractivity contribution >= 4 is 37.4 Å². The molecule has 4 atom stereocenters. The molecular formula is C28H40Cl2N2SiTi-2. The second-order valence-corrected chi connectivity index (χ2v) is 16.1. The number of rotatable bonds is 6. The second-order valence-electron chi connectivity index (χ2n) is 10.5. The van der Waals surface area contributed by atoms with Crippen molar-refractivity contribution < 1.29 is 17.0 Å². The number of nitrogens with zero attached hydrogens (tertiary/aromatic N) is 2. The van der Waals surface area contributed by atoms with Crippen LogP contribution in [0, 0.1) is 23.7 Å². The van der Waals surface area contributed by atoms with Crippen LogP contribution in [0.2, 0.25) is 0 Å². The van der Waals surface area contributed by atoms with E-state index in [9.17, 15) is 0 Å². The first-order valence-electron chi connectivity index (χ1n) is 12.9. The number of hydrogen-bond acceptors (Lipinski definition) is 0. The standard InChI is InChI=1S/C28H40N2Si.2ClH.Ti/c1-21-13-11-14-22(2)27(21)29-31(25-17-7-5-8-18-25,26-19-9-6-10-20-26)30-28-23(3)15-12-16-24(28)4;;;/h5-10,17-24,27-28H,11-16H2,1-4H3;2*1H;/q-2;;;+2/p-2. The molecule has 2 aliphatic carbocycles. The van der Waals surface area contributed by atoms with Gasteiger partial charge in [-0.05, 0) is 0 Å². The van der Waals surface area contributed by atoms with Crippen molar-refractivity contribution in [2.24, 2.45) is 23.7 Å². The van der Waals surface area contributed by atoms with Gasteiger partial charge in [0.1, 0.15) is 0 Å². The third-order valence-electron chi connectivity index (χ3n) is 7.99. The van der Waals surface area contributed by atoms with Gasteiger partial charge in [-0.2, -0.15) is 0 Å². The third-order valence-corrected chi connectivity index (χ3v) is 11.6. The van der Waals surface area contributed by atoms with E-state index in [4.69, 9.17) is 28.6 Å². The van der Waals surface area contributed by atoms with Gasteiger partial charge in [0.15, 0.2) is 0 Å². The Morgan fingerprint density at radius 3 is 1.21 bits per heavy atom. The molecule has 0 radical (unpaired) electrons. The number of halogens is 2. The summed E-state index contributed by atoms with van der Waals surface area (Å²) >= 11 is -0.556. The fraction of sp³-hybridized carbons (Fsp3) is 0.571. The van der Waals surface area contributed by atoms with Crippen molar-refractivity contribution in [3.8, 4) is 0 Å². The van der Waals surface area contributed by atoms with Crippen LogP contribution >= 0.6 is 18.6 Å². The number of benzene rings is 2. The van der Waals surface area contributed by atoms with Gasteiger partial charge in [0.05, 0.1) is 0 Å². The van der Waals surface area contributed by atoms with E-state index in [-0.39, 0.29) is 0 Å². The molecule has 0 amide bonds. The molecule has 0 heterocycles. The van der Waals surface area contributed by atoms with E-state index in [0.717, 1.165) is 0 Å². The summed E-state index contributed by atoms with van der Waals surface area (Å²) in [6, 6.07) is 23.0. The van der Waals surface area contributed by atoms with Gasteiger partial charge >= 0.3 is 35.6 Å². The molecule has 2 aromatic carbocycles. The maximum absolute atomic E-state index is 5.90. The van der Waals surface area contributed by atoms with E-state index in [1.54, 1.807) is 0 Å². The second kappa shape index (κ2) is 14.0. The molecule has 186 valence electrons. The first kappa shape index (κ1) is 28.4. The Labute approximate surface area is 225 Å². The molecule has 2 fully saturated rings. The molecular weight excluding hydrogens is 511 g/mol. The van der Waals surface area contributed by atoms with Crippen molar-refractivity contribution in [3.05, 3.63) is 70.6 Å². The molecule has 0 bridgehead atoms. The van der Waals surface area contributed by atoms with E-state index in [0.29, 0.717) is 35.8 Å². The third kappa shape index (κ3) is 7.00. The van der Waals surface area contributed by atoms with Gasteiger partial charge in [-0.25, -0.2) is 0 Å². The van der Waals surface area contributed by atoms with Gasteiger partial charge in [0.2, 0.25) is 0 Å². The van der Waals surface area contributed by atoms with E-state index < -0.39 is 25.4 Å². The maximum atomic E-state index is 5.90. The zero-order chi connectivity index (χ0) is 24.6. The molecule has 0 aromatic heterocycles. The molecule has 0 N–H and O–H groups in total. The summed E-state index contributed by atoms with van der Waals surface area (Å²) in [7, 11) is 7.14. The van der Waals surface area contributed by atoms with Gasteiger partial charge < -0.3 is 9.96 Å². The van der Waals surface area contributed by atoms with Gasteiger partial charge in [-0.3, -0.25) is 0 Å². The topological polar surface area (TPSA) is 28.2 Å². The molecule has 2 aromatic rings. The molecule has 2 saturated carbocycles. The van der Waals surface area contributed by atoms with Gasteiger partial charge in [0.25, 0.3) is 0 Å². The summed E-state index contributed by atoms with van der Waals surface area (Å²) < 4.78 is 0. The molecule has 4 rings (SSSR count). The summed E-state index contributed by atoms with van der Waals surface area (Å²) in [6.07, 6.45) is 7.86. The van der Waals surface area contributed by atoms with Crippen LogP contribution < -0.4 is 10.4 Å². The molecule has 0 aliphatic heterocycles. The summed E-state index contributed by atoms with van der Waals surface area (Å²) in [5.74, 6) is 2.55. The zero-order valence-electron chi connectivity index (χ0n) is 21.1. The number of hydrogen-bond donors (Lipinski definition) is 0. The average molecular weight is 552 g/mol. The normalized spacial score (nSPS) is 29.6. The van der Waals surface area contributed by atoms with Crippen LogP contribution in [-0.2, 0) is 17.0 Å². The van der Waals surface area contributed by atoms with Crippen LogP contribution in [0.1, 0.15) is 66.2 Å². The average Bonchev–Trinajstić information content (AvgIpc) is 2.84. The van der Waals surface area contributed by atoms with Crippen LogP contribution in [0.4, 0.5) is 0 Å². The Morgan fingerprint density at radius 2 is 0.912 bits per heavy atom. The zero-order valence-corrected chi connectivity index (χ0v) is 25.2. The summed E-state index contributed by atoms with van der Waals surface area (Å²) in [4.78, 5) is 11.8. The molecule has 34 heavy (non-hydrogen) atoms. The Morgan fingerprint density at radius 1 is 0.618 bits per heavy atom. The van der Waals surface area contributed by atoms with Crippen molar-refractivity contribution in [2.45, 2.75) is 78.3 Å². The Kier molecular flexibility index (Phi) is 11.7. The molecule has 4 unspecified atom stereocenters. The van der Waals surface area contributed by atoms with Crippen LogP contribution in [0.15, 0.2) is 60.7 Å². The predicted octanol–water partition coefficient (Wildman–Crippen LogP) is 8.02. The van der Waals surface area contributed by atoms with E-state index in [1.165, 1.54) is 48.9 Å². The van der Waals surface area contributed by atoms with Gasteiger partial charge in [-0.15, -0.1) is 20.5 Å². The predicted molar refractivity (Wildman–Crippen MR) is 148 cm³/mol. The first-order valence-corrected chi connectivity index (χ1v) is 19.1. The van der Waals surface area contributed by atoms with E-state index >= 15 is 0 Å². The first-order chi connectivity index (χ1) is 16.4. The fourth-order valence-corrected chi connectivity index (χ4v) is 10.3. The van der Waals surface area contributed by atoms with Gasteiger partial charge in [0, 0.05) is 0 Å². The summed E-state index contributed by atoms with van der Waals surface area (Å²) in [5.41, 5.74) is 0. The van der Waals surface area contributed by atoms with Crippen LogP contribution in [0.5, 0.6) is 0 Å². The molecule has 0 saturated heterocycles. The van der Waals surface area contributed by atoms with Crippen LogP contribution in [-0.4, -0.2) is 20.5 Å². The Hall–Kier alpha value is -0.129.